The van der Waals surface area contributed by atoms with Crippen molar-refractivity contribution in [2.75, 3.05) is 13.1 Å². The Balaban J connectivity index is 2.87. The van der Waals surface area contributed by atoms with Gasteiger partial charge in [0, 0.05) is 30.5 Å². The van der Waals surface area contributed by atoms with Gasteiger partial charge in [0.05, 0.1) is 12.1 Å². The largest absolute Gasteiger partial charge is 0.336 e. The molecule has 1 aromatic rings. The van der Waals surface area contributed by atoms with Crippen molar-refractivity contribution in [3.8, 4) is 11.8 Å². The van der Waals surface area contributed by atoms with E-state index in [-0.39, 0.29) is 11.9 Å². The summed E-state index contributed by atoms with van der Waals surface area (Å²) in [6, 6.07) is 1.96. The molecule has 1 heterocycles. The zero-order chi connectivity index (χ0) is 15.7. The maximum absolute atomic E-state index is 12.6. The molecule has 114 valence electrons. The summed E-state index contributed by atoms with van der Waals surface area (Å²) in [5.41, 5.74) is 6.67. The topological polar surface area (TPSA) is 59.2 Å². The zero-order valence-corrected chi connectivity index (χ0v) is 13.2. The highest BCUT2D eigenvalue weighted by Gasteiger charge is 2.18. The van der Waals surface area contributed by atoms with Gasteiger partial charge in [-0.15, -0.1) is 0 Å². The highest BCUT2D eigenvalue weighted by Crippen LogP contribution is 2.11. The summed E-state index contributed by atoms with van der Waals surface area (Å²) in [7, 11) is 0. The quantitative estimate of drug-likeness (QED) is 0.646. The number of nitrogens with two attached hydrogens (primary N) is 1. The van der Waals surface area contributed by atoms with Crippen LogP contribution in [0, 0.1) is 11.8 Å². The second-order valence-corrected chi connectivity index (χ2v) is 5.27. The van der Waals surface area contributed by atoms with Crippen LogP contribution in [0.2, 0.25) is 0 Å². The Morgan fingerprint density at radius 3 is 2.76 bits per heavy atom. The molecule has 0 saturated heterocycles. The standard InChI is InChI=1S/C17H25N3O/c1-4-5-6-10-20(14(2)3)17(21)16-11-15(8-7-9-18)12-19-13-16/h11-14H,4-6,9-10,18H2,1-3H3. The zero-order valence-electron chi connectivity index (χ0n) is 13.2. The molecule has 0 aliphatic rings. The summed E-state index contributed by atoms with van der Waals surface area (Å²) in [6.45, 7) is 7.31. The highest BCUT2D eigenvalue weighted by atomic mass is 16.2. The van der Waals surface area contributed by atoms with E-state index in [1.807, 2.05) is 18.7 Å². The monoisotopic (exact) mass is 287 g/mol. The number of hydrogen-bond donors (Lipinski definition) is 1. The molecule has 1 aromatic heterocycles. The minimum Gasteiger partial charge on any atom is -0.336 e. The average molecular weight is 287 g/mol. The minimum atomic E-state index is 0.0185. The third-order valence-electron chi connectivity index (χ3n) is 3.21. The number of hydrogen-bond acceptors (Lipinski definition) is 3. The average Bonchev–Trinajstić information content (AvgIpc) is 2.49. The molecule has 0 aliphatic heterocycles. The van der Waals surface area contributed by atoms with Crippen LogP contribution in [0.3, 0.4) is 0 Å². The Hall–Kier alpha value is -1.86. The molecule has 0 bridgehead atoms. The predicted octanol–water partition coefficient (Wildman–Crippen LogP) is 2.43. The van der Waals surface area contributed by atoms with Crippen molar-refractivity contribution in [1.29, 1.82) is 0 Å². The molecule has 0 aromatic carbocycles. The smallest absolute Gasteiger partial charge is 0.255 e. The molecule has 0 aliphatic carbocycles. The van der Waals surface area contributed by atoms with Gasteiger partial charge in [0.1, 0.15) is 0 Å². The number of amides is 1. The second kappa shape index (κ2) is 9.15. The van der Waals surface area contributed by atoms with E-state index in [1.54, 1.807) is 18.5 Å². The number of carbonyl (C=O) groups is 1. The van der Waals surface area contributed by atoms with Crippen molar-refractivity contribution in [3.63, 3.8) is 0 Å². The summed E-state index contributed by atoms with van der Waals surface area (Å²) in [5.74, 6) is 5.71. The van der Waals surface area contributed by atoms with E-state index in [1.165, 1.54) is 0 Å². The van der Waals surface area contributed by atoms with Gasteiger partial charge in [-0.05, 0) is 26.3 Å². The van der Waals surface area contributed by atoms with Gasteiger partial charge >= 0.3 is 0 Å². The van der Waals surface area contributed by atoms with Crippen LogP contribution in [0.15, 0.2) is 18.5 Å². The van der Waals surface area contributed by atoms with Crippen LogP contribution in [0.4, 0.5) is 0 Å². The van der Waals surface area contributed by atoms with Gasteiger partial charge in [-0.1, -0.05) is 31.6 Å². The number of pyridine rings is 1. The first kappa shape index (κ1) is 17.2. The number of carbonyl (C=O) groups excluding carboxylic acids is 1. The van der Waals surface area contributed by atoms with E-state index < -0.39 is 0 Å². The lowest BCUT2D eigenvalue weighted by Gasteiger charge is -2.26. The van der Waals surface area contributed by atoms with Crippen molar-refractivity contribution in [1.82, 2.24) is 9.88 Å². The number of nitrogens with zero attached hydrogens (tertiary/aromatic N) is 2. The second-order valence-electron chi connectivity index (χ2n) is 5.27. The molecule has 0 atom stereocenters. The van der Waals surface area contributed by atoms with Crippen molar-refractivity contribution in [2.24, 2.45) is 5.73 Å². The summed E-state index contributed by atoms with van der Waals surface area (Å²) in [6.07, 6.45) is 6.56. The highest BCUT2D eigenvalue weighted by molar-refractivity contribution is 5.94. The van der Waals surface area contributed by atoms with E-state index in [9.17, 15) is 4.79 Å². The first-order chi connectivity index (χ1) is 10.1. The van der Waals surface area contributed by atoms with Gasteiger partial charge in [0.2, 0.25) is 0 Å². The molecular weight excluding hydrogens is 262 g/mol. The van der Waals surface area contributed by atoms with Crippen LogP contribution in [0.5, 0.6) is 0 Å². The van der Waals surface area contributed by atoms with E-state index >= 15 is 0 Å². The first-order valence-corrected chi connectivity index (χ1v) is 7.55. The molecule has 0 spiro atoms. The molecule has 4 nitrogen and oxygen atoms in total. The van der Waals surface area contributed by atoms with Crippen LogP contribution in [0.1, 0.15) is 56.0 Å². The van der Waals surface area contributed by atoms with Crippen LogP contribution in [-0.2, 0) is 0 Å². The molecule has 0 unspecified atom stereocenters. The number of rotatable bonds is 6. The predicted molar refractivity (Wildman–Crippen MR) is 85.9 cm³/mol. The minimum absolute atomic E-state index is 0.0185. The van der Waals surface area contributed by atoms with Crippen molar-refractivity contribution in [2.45, 2.75) is 46.1 Å². The van der Waals surface area contributed by atoms with E-state index in [0.717, 1.165) is 31.4 Å². The molecule has 21 heavy (non-hydrogen) atoms. The fraction of sp³-hybridized carbons (Fsp3) is 0.529. The van der Waals surface area contributed by atoms with Crippen molar-refractivity contribution < 1.29 is 4.79 Å². The Bertz CT molecular complexity index is 514. The molecule has 4 heteroatoms. The van der Waals surface area contributed by atoms with E-state index in [0.29, 0.717) is 12.1 Å². The van der Waals surface area contributed by atoms with Gasteiger partial charge < -0.3 is 10.6 Å². The number of aromatic nitrogens is 1. The fourth-order valence-corrected chi connectivity index (χ4v) is 2.07. The van der Waals surface area contributed by atoms with Crippen LogP contribution in [-0.4, -0.2) is 34.9 Å². The van der Waals surface area contributed by atoms with Gasteiger partial charge in [-0.3, -0.25) is 9.78 Å². The molecule has 1 amide bonds. The lowest BCUT2D eigenvalue weighted by molar-refractivity contribution is 0.0702. The molecular formula is C17H25N3O. The molecule has 0 radical (unpaired) electrons. The summed E-state index contributed by atoms with van der Waals surface area (Å²) < 4.78 is 0. The Morgan fingerprint density at radius 1 is 1.38 bits per heavy atom. The Kier molecular flexibility index (Phi) is 7.49. The summed E-state index contributed by atoms with van der Waals surface area (Å²) in [4.78, 5) is 18.6. The first-order valence-electron chi connectivity index (χ1n) is 7.55. The third-order valence-corrected chi connectivity index (χ3v) is 3.21. The van der Waals surface area contributed by atoms with Crippen molar-refractivity contribution in [3.05, 3.63) is 29.6 Å². The lowest BCUT2D eigenvalue weighted by Crippen LogP contribution is -2.37. The SMILES string of the molecule is CCCCCN(C(=O)c1cncc(C#CCN)c1)C(C)C. The number of unbranched alkanes of at least 4 members (excludes halogenated alkanes) is 2. The lowest BCUT2D eigenvalue weighted by atomic mass is 10.1. The maximum Gasteiger partial charge on any atom is 0.255 e. The Labute approximate surface area is 127 Å². The van der Waals surface area contributed by atoms with Gasteiger partial charge in [-0.2, -0.15) is 0 Å². The molecule has 1 rings (SSSR count). The summed E-state index contributed by atoms with van der Waals surface area (Å²) >= 11 is 0. The molecule has 2 N–H and O–H groups in total. The molecule has 0 saturated carbocycles. The van der Waals surface area contributed by atoms with E-state index in [4.69, 9.17) is 5.73 Å². The fourth-order valence-electron chi connectivity index (χ4n) is 2.07. The van der Waals surface area contributed by atoms with Crippen LogP contribution >= 0.6 is 0 Å². The van der Waals surface area contributed by atoms with E-state index in [2.05, 4.69) is 23.7 Å². The van der Waals surface area contributed by atoms with Gasteiger partial charge in [0.25, 0.3) is 5.91 Å². The van der Waals surface area contributed by atoms with Crippen LogP contribution in [0.25, 0.3) is 0 Å². The van der Waals surface area contributed by atoms with Crippen molar-refractivity contribution >= 4 is 5.91 Å². The summed E-state index contributed by atoms with van der Waals surface area (Å²) in [5, 5.41) is 0. The normalized spacial score (nSPS) is 10.1. The maximum atomic E-state index is 12.6. The Morgan fingerprint density at radius 2 is 2.14 bits per heavy atom. The van der Waals surface area contributed by atoms with Gasteiger partial charge in [-0.25, -0.2) is 0 Å². The van der Waals surface area contributed by atoms with Crippen LogP contribution < -0.4 is 5.73 Å². The third kappa shape index (κ3) is 5.57. The van der Waals surface area contributed by atoms with Gasteiger partial charge in [0.15, 0.2) is 0 Å². The molecule has 0 fully saturated rings.